The summed E-state index contributed by atoms with van der Waals surface area (Å²) >= 11 is 0. The summed E-state index contributed by atoms with van der Waals surface area (Å²) in [6, 6.07) is 2.35. The molecule has 3 fully saturated rings. The fourth-order valence-corrected chi connectivity index (χ4v) is 5.57. The van der Waals surface area contributed by atoms with E-state index in [1.165, 1.54) is 24.2 Å². The van der Waals surface area contributed by atoms with Gasteiger partial charge in [0.05, 0.1) is 11.8 Å². The molecule has 1 aliphatic heterocycles. The third-order valence-electron chi connectivity index (χ3n) is 7.81. The maximum Gasteiger partial charge on any atom is 0.248 e. The molecule has 38 heavy (non-hydrogen) atoms. The minimum Gasteiger partial charge on any atom is -0.474 e. The standard InChI is InChI=1S/C28H40N6O4/c1-28(2,3)25(34-17-22(31-32-34)19-10-11-19)27(37)33-16-20(35)13-23(33)26(36)30-15-18-9-12-24(29-14-18)38-21-7-5-4-6-8-21/h9,12,14,17,19-21,23,25,35H,4-8,10-11,13,15-16H2,1-3H3,(H,30,36)/t20-,23+,25-/m1/s1. The summed E-state index contributed by atoms with van der Waals surface area (Å²) in [5.74, 6) is 0.512. The molecule has 3 heterocycles. The number of rotatable bonds is 8. The van der Waals surface area contributed by atoms with Crippen molar-refractivity contribution in [2.24, 2.45) is 5.41 Å². The topological polar surface area (TPSA) is 122 Å². The number of hydrogen-bond donors (Lipinski definition) is 2. The van der Waals surface area contributed by atoms with E-state index >= 15 is 0 Å². The van der Waals surface area contributed by atoms with Crippen molar-refractivity contribution in [2.45, 2.75) is 109 Å². The van der Waals surface area contributed by atoms with Crippen LogP contribution >= 0.6 is 0 Å². The van der Waals surface area contributed by atoms with Gasteiger partial charge < -0.3 is 20.1 Å². The number of carbonyl (C=O) groups excluding carboxylic acids is 2. The highest BCUT2D eigenvalue weighted by Crippen LogP contribution is 2.40. The number of nitrogens with zero attached hydrogens (tertiary/aromatic N) is 5. The predicted molar refractivity (Wildman–Crippen MR) is 140 cm³/mol. The molecule has 10 nitrogen and oxygen atoms in total. The summed E-state index contributed by atoms with van der Waals surface area (Å²) in [4.78, 5) is 33.0. The van der Waals surface area contributed by atoms with Crippen molar-refractivity contribution in [3.8, 4) is 5.88 Å². The lowest BCUT2D eigenvalue weighted by atomic mass is 9.85. The minimum atomic E-state index is -0.758. The molecule has 2 saturated carbocycles. The lowest BCUT2D eigenvalue weighted by Crippen LogP contribution is -2.50. The number of aliphatic hydroxyl groups is 1. The van der Waals surface area contributed by atoms with E-state index in [9.17, 15) is 14.7 Å². The van der Waals surface area contributed by atoms with E-state index in [2.05, 4.69) is 20.6 Å². The Labute approximate surface area is 224 Å². The van der Waals surface area contributed by atoms with Crippen molar-refractivity contribution >= 4 is 11.8 Å². The zero-order valence-corrected chi connectivity index (χ0v) is 22.7. The summed E-state index contributed by atoms with van der Waals surface area (Å²) in [6.07, 6.45) is 11.2. The third-order valence-corrected chi connectivity index (χ3v) is 7.81. The molecule has 0 unspecified atom stereocenters. The van der Waals surface area contributed by atoms with Gasteiger partial charge in [-0.05, 0) is 49.5 Å². The van der Waals surface area contributed by atoms with E-state index in [1.807, 2.05) is 39.1 Å². The normalized spacial score (nSPS) is 23.3. The first-order valence-electron chi connectivity index (χ1n) is 14.0. The average Bonchev–Trinajstić information content (AvgIpc) is 3.50. The predicted octanol–water partition coefficient (Wildman–Crippen LogP) is 3.13. The molecule has 2 amide bonds. The lowest BCUT2D eigenvalue weighted by molar-refractivity contribution is -0.144. The summed E-state index contributed by atoms with van der Waals surface area (Å²) < 4.78 is 7.63. The number of nitrogens with one attached hydrogen (secondary N) is 1. The molecule has 3 aliphatic rings. The van der Waals surface area contributed by atoms with Crippen molar-refractivity contribution in [3.05, 3.63) is 35.8 Å². The van der Waals surface area contributed by atoms with Crippen LogP contribution in [-0.4, -0.2) is 66.6 Å². The molecule has 1 saturated heterocycles. The molecule has 5 rings (SSSR count). The van der Waals surface area contributed by atoms with E-state index in [4.69, 9.17) is 4.74 Å². The molecule has 10 heteroatoms. The number of ether oxygens (including phenoxy) is 1. The number of hydrogen-bond acceptors (Lipinski definition) is 7. The zero-order chi connectivity index (χ0) is 26.9. The smallest absolute Gasteiger partial charge is 0.248 e. The maximum atomic E-state index is 13.8. The molecule has 3 atom stereocenters. The number of likely N-dealkylation sites (tertiary alicyclic amines) is 1. The van der Waals surface area contributed by atoms with Crippen LogP contribution in [-0.2, 0) is 16.1 Å². The quantitative estimate of drug-likeness (QED) is 0.544. The van der Waals surface area contributed by atoms with Gasteiger partial charge in [0.15, 0.2) is 0 Å². The highest BCUT2D eigenvalue weighted by Gasteiger charge is 2.45. The number of aliphatic hydroxyl groups excluding tert-OH is 1. The van der Waals surface area contributed by atoms with Crippen LogP contribution in [0.1, 0.15) is 95.4 Å². The first kappa shape index (κ1) is 26.6. The Bertz CT molecular complexity index is 1120. The fraction of sp³-hybridized carbons (Fsp3) is 0.679. The van der Waals surface area contributed by atoms with Crippen LogP contribution in [0.4, 0.5) is 0 Å². The molecule has 2 aliphatic carbocycles. The van der Waals surface area contributed by atoms with E-state index in [-0.39, 0.29) is 37.4 Å². The Balaban J connectivity index is 1.22. The minimum absolute atomic E-state index is 0.114. The van der Waals surface area contributed by atoms with Gasteiger partial charge in [0.2, 0.25) is 17.7 Å². The van der Waals surface area contributed by atoms with E-state index in [1.54, 1.807) is 10.9 Å². The van der Waals surface area contributed by atoms with Crippen molar-refractivity contribution in [2.75, 3.05) is 6.54 Å². The summed E-state index contributed by atoms with van der Waals surface area (Å²) in [5, 5.41) is 21.9. The number of β-amino-alcohol motifs (C(OH)–C–C–N with tert-alkyl or cyclic N) is 1. The molecule has 2 aromatic heterocycles. The Morgan fingerprint density at radius 3 is 2.58 bits per heavy atom. The van der Waals surface area contributed by atoms with Gasteiger partial charge >= 0.3 is 0 Å². The molecule has 2 N–H and O–H groups in total. The summed E-state index contributed by atoms with van der Waals surface area (Å²) in [5.41, 5.74) is 1.29. The van der Waals surface area contributed by atoms with E-state index in [0.29, 0.717) is 11.8 Å². The second-order valence-corrected chi connectivity index (χ2v) is 12.2. The third kappa shape index (κ3) is 6.17. The number of amides is 2. The SMILES string of the molecule is CC(C)(C)[C@@H](C(=O)N1C[C@H](O)C[C@H]1C(=O)NCc1ccc(OC2CCCCC2)nc1)n1cc(C2CC2)nn1. The molecule has 0 bridgehead atoms. The van der Waals surface area contributed by atoms with Crippen molar-refractivity contribution in [3.63, 3.8) is 0 Å². The van der Waals surface area contributed by atoms with E-state index < -0.39 is 23.6 Å². The van der Waals surface area contributed by atoms with Gasteiger partial charge in [0.25, 0.3) is 0 Å². The Morgan fingerprint density at radius 2 is 1.92 bits per heavy atom. The first-order valence-corrected chi connectivity index (χ1v) is 14.0. The molecule has 0 spiro atoms. The molecular formula is C28H40N6O4. The van der Waals surface area contributed by atoms with Crippen LogP contribution in [0, 0.1) is 5.41 Å². The van der Waals surface area contributed by atoms with Gasteiger partial charge in [-0.2, -0.15) is 0 Å². The van der Waals surface area contributed by atoms with E-state index in [0.717, 1.165) is 36.9 Å². The van der Waals surface area contributed by atoms with Crippen molar-refractivity contribution in [1.29, 1.82) is 0 Å². The highest BCUT2D eigenvalue weighted by atomic mass is 16.5. The van der Waals surface area contributed by atoms with Crippen LogP contribution in [0.3, 0.4) is 0 Å². The molecule has 206 valence electrons. The Morgan fingerprint density at radius 1 is 1.16 bits per heavy atom. The molecule has 0 radical (unpaired) electrons. The zero-order valence-electron chi connectivity index (χ0n) is 22.7. The second-order valence-electron chi connectivity index (χ2n) is 12.2. The molecular weight excluding hydrogens is 484 g/mol. The van der Waals surface area contributed by atoms with Crippen LogP contribution in [0.5, 0.6) is 5.88 Å². The van der Waals surface area contributed by atoms with Crippen molar-refractivity contribution < 1.29 is 19.4 Å². The van der Waals surface area contributed by atoms with Gasteiger partial charge in [0, 0.05) is 43.9 Å². The molecule has 2 aromatic rings. The maximum absolute atomic E-state index is 13.8. The van der Waals surface area contributed by atoms with Crippen LogP contribution in [0.2, 0.25) is 0 Å². The number of carbonyl (C=O) groups is 2. The molecule has 0 aromatic carbocycles. The Kier molecular flexibility index (Phi) is 7.70. The van der Waals surface area contributed by atoms with Crippen LogP contribution in [0.15, 0.2) is 24.5 Å². The summed E-state index contributed by atoms with van der Waals surface area (Å²) in [7, 11) is 0. The second kappa shape index (κ2) is 11.0. The highest BCUT2D eigenvalue weighted by molar-refractivity contribution is 5.90. The number of aromatic nitrogens is 4. The van der Waals surface area contributed by atoms with Gasteiger partial charge in [0.1, 0.15) is 18.2 Å². The van der Waals surface area contributed by atoms with Crippen molar-refractivity contribution in [1.82, 2.24) is 30.2 Å². The monoisotopic (exact) mass is 524 g/mol. The van der Waals surface area contributed by atoms with Gasteiger partial charge in [-0.25, -0.2) is 9.67 Å². The first-order chi connectivity index (χ1) is 18.2. The van der Waals surface area contributed by atoms with Crippen LogP contribution < -0.4 is 10.1 Å². The van der Waals surface area contributed by atoms with Gasteiger partial charge in [-0.15, -0.1) is 5.10 Å². The fourth-order valence-electron chi connectivity index (χ4n) is 5.57. The largest absolute Gasteiger partial charge is 0.474 e. The van der Waals surface area contributed by atoms with Gasteiger partial charge in [-0.3, -0.25) is 9.59 Å². The lowest BCUT2D eigenvalue weighted by Gasteiger charge is -2.34. The average molecular weight is 525 g/mol. The summed E-state index contributed by atoms with van der Waals surface area (Å²) in [6.45, 7) is 6.32. The van der Waals surface area contributed by atoms with Gasteiger partial charge in [-0.1, -0.05) is 38.5 Å². The van der Waals surface area contributed by atoms with Crippen LogP contribution in [0.25, 0.3) is 0 Å². The number of pyridine rings is 1. The Hall–Kier alpha value is -3.01.